The predicted octanol–water partition coefficient (Wildman–Crippen LogP) is 6.13. The van der Waals surface area contributed by atoms with Crippen LogP contribution in [0.4, 0.5) is 5.82 Å². The zero-order chi connectivity index (χ0) is 28.6. The molecule has 3 aromatic carbocycles. The maximum atomic E-state index is 12.8. The van der Waals surface area contributed by atoms with Crippen LogP contribution in [0.3, 0.4) is 0 Å². The number of imidazole rings is 1. The van der Waals surface area contributed by atoms with Crippen molar-refractivity contribution < 1.29 is 14.3 Å². The van der Waals surface area contributed by atoms with E-state index in [0.29, 0.717) is 30.1 Å². The first kappa shape index (κ1) is 26.0. The lowest BCUT2D eigenvalue weighted by atomic mass is 9.81. The fraction of sp³-hybridized carbons (Fsp3) is 0.235. The summed E-state index contributed by atoms with van der Waals surface area (Å²) in [5.74, 6) is 2.33. The molecule has 1 aliphatic carbocycles. The van der Waals surface area contributed by atoms with E-state index >= 15 is 0 Å². The number of benzene rings is 3. The third-order valence-electron chi connectivity index (χ3n) is 8.49. The van der Waals surface area contributed by atoms with Crippen LogP contribution in [0.5, 0.6) is 5.75 Å². The molecule has 7 rings (SSSR count). The highest BCUT2D eigenvalue weighted by Gasteiger charge is 2.37. The van der Waals surface area contributed by atoms with Gasteiger partial charge in [-0.1, -0.05) is 54.6 Å². The van der Waals surface area contributed by atoms with E-state index in [1.54, 1.807) is 30.5 Å². The van der Waals surface area contributed by atoms with Crippen LogP contribution in [0.15, 0.2) is 91.3 Å². The summed E-state index contributed by atoms with van der Waals surface area (Å²) in [6.45, 7) is 0.950. The standard InChI is InChI=1S/C34H31N5O3/c35-31-30-18-36-32(24-15-13-22(14-16-24)19-39-33(40)27-11-4-5-12-28(27)34(39)41)38(30)20-29(37-31)25-9-6-10-26(17-25)42-21-23-7-2-1-3-8-23/h1-12,17-18,20,22,24H,13-16,19,21H2,(H2,35,37). The van der Waals surface area contributed by atoms with Crippen LogP contribution >= 0.6 is 0 Å². The number of carbonyl (C=O) groups excluding carboxylic acids is 2. The number of nitrogens with two attached hydrogens (primary N) is 1. The fourth-order valence-electron chi connectivity index (χ4n) is 6.23. The lowest BCUT2D eigenvalue weighted by Gasteiger charge is -2.30. The molecule has 8 heteroatoms. The quantitative estimate of drug-likeness (QED) is 0.242. The van der Waals surface area contributed by atoms with Crippen molar-refractivity contribution in [1.29, 1.82) is 0 Å². The summed E-state index contributed by atoms with van der Waals surface area (Å²) < 4.78 is 8.11. The smallest absolute Gasteiger partial charge is 0.261 e. The first-order chi connectivity index (χ1) is 20.5. The van der Waals surface area contributed by atoms with Crippen LogP contribution < -0.4 is 10.5 Å². The molecule has 0 saturated heterocycles. The van der Waals surface area contributed by atoms with E-state index in [0.717, 1.165) is 59.6 Å². The Morgan fingerprint density at radius 3 is 2.31 bits per heavy atom. The highest BCUT2D eigenvalue weighted by atomic mass is 16.5. The minimum atomic E-state index is -0.179. The Morgan fingerprint density at radius 2 is 1.57 bits per heavy atom. The van der Waals surface area contributed by atoms with Crippen molar-refractivity contribution in [2.75, 3.05) is 12.3 Å². The number of anilines is 1. The normalized spacial score (nSPS) is 18.4. The average molecular weight is 558 g/mol. The topological polar surface area (TPSA) is 103 Å². The molecule has 1 fully saturated rings. The van der Waals surface area contributed by atoms with Crippen molar-refractivity contribution in [2.24, 2.45) is 5.92 Å². The molecule has 1 aliphatic heterocycles. The summed E-state index contributed by atoms with van der Waals surface area (Å²) in [4.78, 5) is 36.6. The number of imide groups is 1. The molecule has 2 N–H and O–H groups in total. The number of nitrogens with zero attached hydrogens (tertiary/aromatic N) is 4. The number of nitrogen functional groups attached to an aromatic ring is 1. The van der Waals surface area contributed by atoms with E-state index in [1.165, 1.54) is 4.90 Å². The molecule has 2 aromatic heterocycles. The Kier molecular flexibility index (Phi) is 6.66. The van der Waals surface area contributed by atoms with Gasteiger partial charge in [0, 0.05) is 24.2 Å². The first-order valence-corrected chi connectivity index (χ1v) is 14.4. The van der Waals surface area contributed by atoms with Crippen LogP contribution in [0, 0.1) is 5.92 Å². The van der Waals surface area contributed by atoms with Gasteiger partial charge in [0.1, 0.15) is 29.5 Å². The van der Waals surface area contributed by atoms with Crippen LogP contribution in [-0.2, 0) is 6.61 Å². The number of amides is 2. The molecule has 2 amide bonds. The van der Waals surface area contributed by atoms with Gasteiger partial charge in [0.15, 0.2) is 0 Å². The minimum absolute atomic E-state index is 0.179. The Balaban J connectivity index is 1.06. The number of aromatic nitrogens is 3. The molecule has 0 spiro atoms. The van der Waals surface area contributed by atoms with Crippen LogP contribution in [0.1, 0.15) is 63.7 Å². The Hall–Kier alpha value is -4.98. The van der Waals surface area contributed by atoms with Crippen molar-refractivity contribution in [1.82, 2.24) is 19.3 Å². The molecule has 3 heterocycles. The number of fused-ring (bicyclic) bond motifs is 2. The SMILES string of the molecule is Nc1nc(-c2cccc(OCc3ccccc3)c2)cn2c(C3CCC(CN4C(=O)c5ccccc5C4=O)CC3)ncc12. The van der Waals surface area contributed by atoms with E-state index in [4.69, 9.17) is 15.5 Å². The van der Waals surface area contributed by atoms with E-state index < -0.39 is 0 Å². The summed E-state index contributed by atoms with van der Waals surface area (Å²) in [7, 11) is 0. The lowest BCUT2D eigenvalue weighted by molar-refractivity contribution is 0.0614. The van der Waals surface area contributed by atoms with Gasteiger partial charge >= 0.3 is 0 Å². The van der Waals surface area contributed by atoms with E-state index in [-0.39, 0.29) is 23.7 Å². The van der Waals surface area contributed by atoms with E-state index in [1.807, 2.05) is 60.8 Å². The summed E-state index contributed by atoms with van der Waals surface area (Å²) >= 11 is 0. The molecule has 42 heavy (non-hydrogen) atoms. The van der Waals surface area contributed by atoms with Gasteiger partial charge in [0.2, 0.25) is 0 Å². The summed E-state index contributed by atoms with van der Waals surface area (Å²) in [5, 5.41) is 0. The molecule has 0 unspecified atom stereocenters. The van der Waals surface area contributed by atoms with Crippen LogP contribution in [0.25, 0.3) is 16.8 Å². The van der Waals surface area contributed by atoms with Crippen molar-refractivity contribution >= 4 is 23.1 Å². The fourth-order valence-corrected chi connectivity index (χ4v) is 6.23. The molecule has 0 atom stereocenters. The lowest BCUT2D eigenvalue weighted by Crippen LogP contribution is -2.35. The number of hydrogen-bond donors (Lipinski definition) is 1. The number of ether oxygens (including phenoxy) is 1. The number of hydrogen-bond acceptors (Lipinski definition) is 6. The van der Waals surface area contributed by atoms with E-state index in [9.17, 15) is 9.59 Å². The second-order valence-corrected chi connectivity index (χ2v) is 11.2. The van der Waals surface area contributed by atoms with E-state index in [2.05, 4.69) is 9.38 Å². The molecule has 5 aromatic rings. The summed E-state index contributed by atoms with van der Waals surface area (Å²) in [5.41, 5.74) is 11.0. The van der Waals surface area contributed by atoms with Crippen molar-refractivity contribution in [3.8, 4) is 17.0 Å². The average Bonchev–Trinajstić information content (AvgIpc) is 3.57. The monoisotopic (exact) mass is 557 g/mol. The zero-order valence-corrected chi connectivity index (χ0v) is 23.1. The number of rotatable bonds is 7. The molecule has 0 bridgehead atoms. The van der Waals surface area contributed by atoms with Crippen molar-refractivity contribution in [2.45, 2.75) is 38.2 Å². The van der Waals surface area contributed by atoms with Gasteiger partial charge < -0.3 is 10.5 Å². The van der Waals surface area contributed by atoms with Crippen LogP contribution in [0.2, 0.25) is 0 Å². The van der Waals surface area contributed by atoms with Gasteiger partial charge in [-0.05, 0) is 61.4 Å². The van der Waals surface area contributed by atoms with Crippen molar-refractivity contribution in [3.63, 3.8) is 0 Å². The summed E-state index contributed by atoms with van der Waals surface area (Å²) in [6, 6.07) is 25.0. The second kappa shape index (κ2) is 10.8. The molecule has 2 aliphatic rings. The van der Waals surface area contributed by atoms with Crippen LogP contribution in [-0.4, -0.2) is 37.6 Å². The van der Waals surface area contributed by atoms with Gasteiger partial charge in [-0.3, -0.25) is 18.9 Å². The Morgan fingerprint density at radius 1 is 0.857 bits per heavy atom. The van der Waals surface area contributed by atoms with Gasteiger partial charge in [-0.25, -0.2) is 9.97 Å². The van der Waals surface area contributed by atoms with Crippen molar-refractivity contribution in [3.05, 3.63) is 114 Å². The third kappa shape index (κ3) is 4.79. The maximum absolute atomic E-state index is 12.8. The molecule has 0 radical (unpaired) electrons. The minimum Gasteiger partial charge on any atom is -0.489 e. The molecule has 8 nitrogen and oxygen atoms in total. The van der Waals surface area contributed by atoms with Gasteiger partial charge in [-0.15, -0.1) is 0 Å². The summed E-state index contributed by atoms with van der Waals surface area (Å²) in [6.07, 6.45) is 7.49. The van der Waals surface area contributed by atoms with Gasteiger partial charge in [0.05, 0.1) is 23.0 Å². The largest absolute Gasteiger partial charge is 0.489 e. The third-order valence-corrected chi connectivity index (χ3v) is 8.49. The molecule has 1 saturated carbocycles. The first-order valence-electron chi connectivity index (χ1n) is 14.4. The molecular formula is C34H31N5O3. The van der Waals surface area contributed by atoms with Gasteiger partial charge in [-0.2, -0.15) is 0 Å². The highest BCUT2D eigenvalue weighted by Crippen LogP contribution is 2.38. The molecular weight excluding hydrogens is 526 g/mol. The predicted molar refractivity (Wildman–Crippen MR) is 160 cm³/mol. The zero-order valence-electron chi connectivity index (χ0n) is 23.1. The Labute approximate surface area is 243 Å². The highest BCUT2D eigenvalue weighted by molar-refractivity contribution is 6.21. The Bertz CT molecular complexity index is 1760. The maximum Gasteiger partial charge on any atom is 0.261 e. The number of carbonyl (C=O) groups is 2. The van der Waals surface area contributed by atoms with Gasteiger partial charge in [0.25, 0.3) is 11.8 Å². The molecule has 210 valence electrons. The second-order valence-electron chi connectivity index (χ2n) is 11.2.